The Morgan fingerprint density at radius 1 is 1.29 bits per heavy atom. The molecular formula is C14H14O3. The van der Waals surface area contributed by atoms with Gasteiger partial charge in [0.25, 0.3) is 0 Å². The fourth-order valence-electron chi connectivity index (χ4n) is 2.43. The first-order valence-electron chi connectivity index (χ1n) is 6.15. The topological polar surface area (TPSA) is 34.3 Å². The summed E-state index contributed by atoms with van der Waals surface area (Å²) in [5.41, 5.74) is 2.53. The molecule has 2 unspecified atom stereocenters. The first-order valence-corrected chi connectivity index (χ1v) is 6.15. The van der Waals surface area contributed by atoms with E-state index in [1.54, 1.807) is 0 Å². The van der Waals surface area contributed by atoms with E-state index in [1.165, 1.54) is 16.9 Å². The molecule has 17 heavy (non-hydrogen) atoms. The average Bonchev–Trinajstić information content (AvgIpc) is 3.28. The van der Waals surface area contributed by atoms with Crippen molar-refractivity contribution in [2.24, 2.45) is 0 Å². The quantitative estimate of drug-likeness (QED) is 0.745. The van der Waals surface area contributed by atoms with Crippen LogP contribution >= 0.6 is 0 Å². The van der Waals surface area contributed by atoms with Gasteiger partial charge in [0.15, 0.2) is 6.10 Å². The monoisotopic (exact) mass is 230 g/mol. The number of rotatable bonds is 4. The number of hydrogen-bond acceptors (Lipinski definition) is 3. The summed E-state index contributed by atoms with van der Waals surface area (Å²) < 4.78 is 16.5. The highest BCUT2D eigenvalue weighted by Crippen LogP contribution is 2.48. The van der Waals surface area contributed by atoms with Crippen molar-refractivity contribution in [3.8, 4) is 5.75 Å². The van der Waals surface area contributed by atoms with Crippen LogP contribution in [0.25, 0.3) is 5.57 Å². The van der Waals surface area contributed by atoms with Gasteiger partial charge < -0.3 is 14.2 Å². The molecule has 3 aliphatic rings. The number of allylic oxidation sites excluding steroid dienone is 1. The van der Waals surface area contributed by atoms with Gasteiger partial charge in [0.2, 0.25) is 0 Å². The molecule has 0 amide bonds. The molecule has 2 aliphatic heterocycles. The van der Waals surface area contributed by atoms with Crippen LogP contribution < -0.4 is 4.74 Å². The second-order valence-corrected chi connectivity index (χ2v) is 4.75. The summed E-state index contributed by atoms with van der Waals surface area (Å²) in [6.45, 7) is 1.49. The van der Waals surface area contributed by atoms with Crippen molar-refractivity contribution in [3.63, 3.8) is 0 Å². The lowest BCUT2D eigenvalue weighted by molar-refractivity contribution is 0.262. The normalized spacial score (nSPS) is 28.7. The second-order valence-electron chi connectivity index (χ2n) is 4.75. The molecule has 1 aliphatic carbocycles. The van der Waals surface area contributed by atoms with Gasteiger partial charge in [0, 0.05) is 11.1 Å². The first-order chi connectivity index (χ1) is 8.42. The molecule has 2 heterocycles. The number of ether oxygens (including phenoxy) is 3. The largest absolute Gasteiger partial charge is 0.490 e. The third kappa shape index (κ3) is 1.71. The van der Waals surface area contributed by atoms with Crippen molar-refractivity contribution in [1.29, 1.82) is 0 Å². The Morgan fingerprint density at radius 3 is 2.88 bits per heavy atom. The molecule has 3 nitrogen and oxygen atoms in total. The van der Waals surface area contributed by atoms with Gasteiger partial charge in [-0.25, -0.2) is 0 Å². The standard InChI is InChI=1S/C14H14O3/c1-2-4-12(16-8-9-7-15-9)10(3-1)11-5-6-13-14(11)17-13/h1-4,9,13H,5-8H2. The predicted molar refractivity (Wildman–Crippen MR) is 62.7 cm³/mol. The Hall–Kier alpha value is -1.48. The lowest BCUT2D eigenvalue weighted by Gasteiger charge is -2.11. The van der Waals surface area contributed by atoms with E-state index in [-0.39, 0.29) is 0 Å². The number of para-hydroxylation sites is 1. The smallest absolute Gasteiger partial charge is 0.156 e. The van der Waals surface area contributed by atoms with E-state index in [9.17, 15) is 0 Å². The summed E-state index contributed by atoms with van der Waals surface area (Å²) in [4.78, 5) is 0. The summed E-state index contributed by atoms with van der Waals surface area (Å²) in [6.07, 6.45) is 2.95. The zero-order valence-corrected chi connectivity index (χ0v) is 9.52. The predicted octanol–water partition coefficient (Wildman–Crippen LogP) is 2.37. The molecule has 2 atom stereocenters. The summed E-state index contributed by atoms with van der Waals surface area (Å²) in [7, 11) is 0. The van der Waals surface area contributed by atoms with Crippen molar-refractivity contribution < 1.29 is 14.2 Å². The molecule has 0 saturated carbocycles. The average molecular weight is 230 g/mol. The maximum atomic E-state index is 5.83. The molecule has 0 bridgehead atoms. The SMILES string of the molecule is c1ccc(C2=C3OC3CC2)c(OCC2CO2)c1. The van der Waals surface area contributed by atoms with Crippen LogP contribution in [-0.4, -0.2) is 25.4 Å². The van der Waals surface area contributed by atoms with Gasteiger partial charge >= 0.3 is 0 Å². The van der Waals surface area contributed by atoms with E-state index in [0.717, 1.165) is 25.2 Å². The van der Waals surface area contributed by atoms with Crippen molar-refractivity contribution in [1.82, 2.24) is 0 Å². The molecular weight excluding hydrogens is 216 g/mol. The van der Waals surface area contributed by atoms with E-state index >= 15 is 0 Å². The van der Waals surface area contributed by atoms with Crippen molar-refractivity contribution >= 4 is 5.57 Å². The molecule has 4 rings (SSSR count). The summed E-state index contributed by atoms with van der Waals surface area (Å²) in [6, 6.07) is 8.22. The highest BCUT2D eigenvalue weighted by molar-refractivity contribution is 5.76. The van der Waals surface area contributed by atoms with E-state index in [4.69, 9.17) is 14.2 Å². The number of fused-ring (bicyclic) bond motifs is 1. The second kappa shape index (κ2) is 3.50. The molecule has 0 spiro atoms. The van der Waals surface area contributed by atoms with Gasteiger partial charge in [-0.2, -0.15) is 0 Å². The minimum Gasteiger partial charge on any atom is -0.490 e. The van der Waals surface area contributed by atoms with Gasteiger partial charge in [0.05, 0.1) is 6.61 Å². The summed E-state index contributed by atoms with van der Waals surface area (Å²) in [5.74, 6) is 2.14. The van der Waals surface area contributed by atoms with Crippen molar-refractivity contribution in [2.75, 3.05) is 13.2 Å². The molecule has 2 saturated heterocycles. The zero-order valence-electron chi connectivity index (χ0n) is 9.52. The van der Waals surface area contributed by atoms with E-state index in [0.29, 0.717) is 18.8 Å². The molecule has 0 radical (unpaired) electrons. The Morgan fingerprint density at radius 2 is 2.18 bits per heavy atom. The van der Waals surface area contributed by atoms with Crippen LogP contribution in [0.3, 0.4) is 0 Å². The van der Waals surface area contributed by atoms with Crippen LogP contribution in [0.1, 0.15) is 18.4 Å². The van der Waals surface area contributed by atoms with Gasteiger partial charge in [-0.1, -0.05) is 18.2 Å². The molecule has 0 aromatic heterocycles. The third-order valence-corrected chi connectivity index (χ3v) is 3.50. The lowest BCUT2D eigenvalue weighted by atomic mass is 10.0. The van der Waals surface area contributed by atoms with E-state index in [1.807, 2.05) is 12.1 Å². The van der Waals surface area contributed by atoms with Crippen LogP contribution in [0.2, 0.25) is 0 Å². The Balaban J connectivity index is 1.62. The van der Waals surface area contributed by atoms with Crippen LogP contribution in [0, 0.1) is 0 Å². The maximum Gasteiger partial charge on any atom is 0.156 e. The molecule has 0 N–H and O–H groups in total. The molecule has 1 aromatic rings. The van der Waals surface area contributed by atoms with Crippen molar-refractivity contribution in [2.45, 2.75) is 25.0 Å². The maximum absolute atomic E-state index is 5.83. The number of hydrogen-bond donors (Lipinski definition) is 0. The van der Waals surface area contributed by atoms with Crippen molar-refractivity contribution in [3.05, 3.63) is 35.6 Å². The number of benzene rings is 1. The highest BCUT2D eigenvalue weighted by atomic mass is 16.6. The van der Waals surface area contributed by atoms with Gasteiger partial charge in [-0.3, -0.25) is 0 Å². The van der Waals surface area contributed by atoms with Crippen LogP contribution in [0.15, 0.2) is 30.0 Å². The Labute approximate surface area is 100.0 Å². The minimum absolute atomic E-state index is 0.300. The fourth-order valence-corrected chi connectivity index (χ4v) is 2.43. The Bertz CT molecular complexity index is 488. The number of epoxide rings is 2. The fraction of sp³-hybridized carbons (Fsp3) is 0.429. The van der Waals surface area contributed by atoms with Crippen LogP contribution in [0.5, 0.6) is 5.75 Å². The first kappa shape index (κ1) is 9.54. The summed E-state index contributed by atoms with van der Waals surface area (Å²) in [5, 5.41) is 0. The van der Waals surface area contributed by atoms with Gasteiger partial charge in [-0.15, -0.1) is 0 Å². The summed E-state index contributed by atoms with van der Waals surface area (Å²) >= 11 is 0. The molecule has 88 valence electrons. The molecule has 3 heteroatoms. The van der Waals surface area contributed by atoms with Crippen LogP contribution in [0.4, 0.5) is 0 Å². The molecule has 1 aromatic carbocycles. The van der Waals surface area contributed by atoms with Gasteiger partial charge in [-0.05, 0) is 18.9 Å². The van der Waals surface area contributed by atoms with Gasteiger partial charge in [0.1, 0.15) is 24.2 Å². The minimum atomic E-state index is 0.300. The van der Waals surface area contributed by atoms with Crippen LogP contribution in [-0.2, 0) is 9.47 Å². The molecule has 2 fully saturated rings. The van der Waals surface area contributed by atoms with E-state index in [2.05, 4.69) is 12.1 Å². The Kier molecular flexibility index (Phi) is 1.97. The highest BCUT2D eigenvalue weighted by Gasteiger charge is 2.42. The lowest BCUT2D eigenvalue weighted by Crippen LogP contribution is -2.05. The zero-order chi connectivity index (χ0) is 11.2. The van der Waals surface area contributed by atoms with E-state index < -0.39 is 0 Å². The third-order valence-electron chi connectivity index (χ3n) is 3.50.